The molecule has 0 fully saturated rings. The second-order valence-corrected chi connectivity index (χ2v) is 4.62. The van der Waals surface area contributed by atoms with E-state index in [1.54, 1.807) is 12.5 Å². The molecule has 2 N–H and O–H groups in total. The van der Waals surface area contributed by atoms with E-state index in [0.717, 1.165) is 11.0 Å². The van der Waals surface area contributed by atoms with Crippen molar-refractivity contribution in [1.29, 1.82) is 0 Å². The molecule has 2 aromatic heterocycles. The third-order valence-electron chi connectivity index (χ3n) is 2.19. The Morgan fingerprint density at radius 2 is 2.19 bits per heavy atom. The molecule has 0 spiro atoms. The van der Waals surface area contributed by atoms with Crippen molar-refractivity contribution in [3.63, 3.8) is 0 Å². The number of hydrogen-bond acceptors (Lipinski definition) is 4. The van der Waals surface area contributed by atoms with Crippen LogP contribution in [-0.4, -0.2) is 26.7 Å². The maximum Gasteiger partial charge on any atom is 0.242 e. The van der Waals surface area contributed by atoms with Gasteiger partial charge in [-0.25, -0.2) is 9.97 Å². The Kier molecular flexibility index (Phi) is 2.55. The molecule has 0 aromatic carbocycles. The second-order valence-electron chi connectivity index (χ2n) is 4.62. The Labute approximate surface area is 94.2 Å². The van der Waals surface area contributed by atoms with Crippen LogP contribution in [0, 0.1) is 0 Å². The molecule has 0 unspecified atom stereocenters. The van der Waals surface area contributed by atoms with Gasteiger partial charge in [-0.3, -0.25) is 0 Å². The Hall–Kier alpha value is -1.62. The molecule has 0 aliphatic heterocycles. The topological polar surface area (TPSA) is 66.0 Å². The lowest BCUT2D eigenvalue weighted by molar-refractivity contribution is 0.237. The fourth-order valence-electron chi connectivity index (χ4n) is 1.40. The van der Waals surface area contributed by atoms with Crippen LogP contribution in [0.2, 0.25) is 0 Å². The summed E-state index contributed by atoms with van der Waals surface area (Å²) in [6.07, 6.45) is 3.45. The third-order valence-corrected chi connectivity index (χ3v) is 2.19. The molecule has 0 saturated carbocycles. The van der Waals surface area contributed by atoms with Gasteiger partial charge in [0.25, 0.3) is 0 Å². The number of nitrogens with zero attached hydrogens (tertiary/aromatic N) is 3. The van der Waals surface area contributed by atoms with Gasteiger partial charge in [-0.05, 0) is 19.9 Å². The third kappa shape index (κ3) is 2.14. The highest BCUT2D eigenvalue weighted by atomic mass is 16.5. The van der Waals surface area contributed by atoms with Crippen LogP contribution in [0.5, 0.6) is 5.88 Å². The number of imidazole rings is 1. The molecule has 0 aliphatic carbocycles. The van der Waals surface area contributed by atoms with E-state index < -0.39 is 0 Å². The minimum Gasteiger partial charge on any atom is -0.474 e. The van der Waals surface area contributed by atoms with Gasteiger partial charge in [0.05, 0.1) is 11.8 Å². The predicted molar refractivity (Wildman–Crippen MR) is 62.3 cm³/mol. The zero-order chi connectivity index (χ0) is 11.8. The number of aromatic nitrogens is 3. The number of aryl methyl sites for hydroxylation is 1. The van der Waals surface area contributed by atoms with Gasteiger partial charge in [0.15, 0.2) is 5.52 Å². The van der Waals surface area contributed by atoms with Crippen LogP contribution in [0.3, 0.4) is 0 Å². The van der Waals surface area contributed by atoms with E-state index in [2.05, 4.69) is 9.97 Å². The van der Waals surface area contributed by atoms with Gasteiger partial charge in [-0.1, -0.05) is 0 Å². The summed E-state index contributed by atoms with van der Waals surface area (Å²) >= 11 is 0. The number of ether oxygens (including phenoxy) is 1. The smallest absolute Gasteiger partial charge is 0.242 e. The van der Waals surface area contributed by atoms with Gasteiger partial charge < -0.3 is 15.0 Å². The summed E-state index contributed by atoms with van der Waals surface area (Å²) in [6, 6.07) is 1.91. The van der Waals surface area contributed by atoms with Gasteiger partial charge in [0, 0.05) is 18.8 Å². The molecular formula is C11H16N4O. The molecule has 0 aliphatic rings. The van der Waals surface area contributed by atoms with Crippen LogP contribution in [0.25, 0.3) is 11.0 Å². The van der Waals surface area contributed by atoms with Crippen molar-refractivity contribution >= 4 is 11.0 Å². The summed E-state index contributed by atoms with van der Waals surface area (Å²) in [5.41, 5.74) is 7.25. The molecule has 0 bridgehead atoms. The van der Waals surface area contributed by atoms with Crippen molar-refractivity contribution in [3.05, 3.63) is 18.6 Å². The summed E-state index contributed by atoms with van der Waals surface area (Å²) in [5, 5.41) is 0. The van der Waals surface area contributed by atoms with E-state index in [1.165, 1.54) is 0 Å². The van der Waals surface area contributed by atoms with Crippen LogP contribution in [0.15, 0.2) is 18.6 Å². The summed E-state index contributed by atoms with van der Waals surface area (Å²) in [6.45, 7) is 4.23. The lowest BCUT2D eigenvalue weighted by Crippen LogP contribution is -2.38. The van der Waals surface area contributed by atoms with Gasteiger partial charge in [-0.15, -0.1) is 0 Å². The Bertz CT molecular complexity index is 498. The molecule has 16 heavy (non-hydrogen) atoms. The predicted octanol–water partition coefficient (Wildman–Crippen LogP) is 1.08. The SMILES string of the molecule is Cn1cnc2c(OCC(C)(C)N)nccc21. The lowest BCUT2D eigenvalue weighted by atomic mass is 10.1. The Morgan fingerprint density at radius 3 is 2.88 bits per heavy atom. The van der Waals surface area contributed by atoms with Crippen LogP contribution in [0.1, 0.15) is 13.8 Å². The number of pyridine rings is 1. The minimum absolute atomic E-state index is 0.376. The number of hydrogen-bond donors (Lipinski definition) is 1. The van der Waals surface area contributed by atoms with E-state index in [-0.39, 0.29) is 5.54 Å². The first-order valence-electron chi connectivity index (χ1n) is 5.15. The molecule has 2 heterocycles. The van der Waals surface area contributed by atoms with E-state index in [9.17, 15) is 0 Å². The normalized spacial score (nSPS) is 12.0. The van der Waals surface area contributed by atoms with E-state index in [0.29, 0.717) is 12.5 Å². The van der Waals surface area contributed by atoms with Crippen molar-refractivity contribution in [2.75, 3.05) is 6.61 Å². The quantitative estimate of drug-likeness (QED) is 0.840. The first kappa shape index (κ1) is 10.9. The average Bonchev–Trinajstić information content (AvgIpc) is 2.57. The molecule has 5 nitrogen and oxygen atoms in total. The van der Waals surface area contributed by atoms with Gasteiger partial charge >= 0.3 is 0 Å². The summed E-state index contributed by atoms with van der Waals surface area (Å²) in [4.78, 5) is 8.42. The molecule has 0 atom stereocenters. The second kappa shape index (κ2) is 3.75. The molecule has 2 aromatic rings. The largest absolute Gasteiger partial charge is 0.474 e. The maximum absolute atomic E-state index is 5.85. The van der Waals surface area contributed by atoms with Crippen molar-refractivity contribution < 1.29 is 4.74 Å². The minimum atomic E-state index is -0.376. The Morgan fingerprint density at radius 1 is 1.44 bits per heavy atom. The van der Waals surface area contributed by atoms with Crippen molar-refractivity contribution in [2.24, 2.45) is 12.8 Å². The summed E-state index contributed by atoms with van der Waals surface area (Å²) in [5.74, 6) is 0.539. The zero-order valence-corrected chi connectivity index (χ0v) is 9.77. The van der Waals surface area contributed by atoms with Gasteiger partial charge in [0.1, 0.15) is 6.61 Å². The summed E-state index contributed by atoms with van der Waals surface area (Å²) < 4.78 is 7.51. The highest BCUT2D eigenvalue weighted by molar-refractivity contribution is 5.79. The van der Waals surface area contributed by atoms with Crippen LogP contribution in [-0.2, 0) is 7.05 Å². The van der Waals surface area contributed by atoms with E-state index in [4.69, 9.17) is 10.5 Å². The van der Waals surface area contributed by atoms with E-state index in [1.807, 2.05) is 31.5 Å². The van der Waals surface area contributed by atoms with Crippen molar-refractivity contribution in [3.8, 4) is 5.88 Å². The number of nitrogens with two attached hydrogens (primary N) is 1. The highest BCUT2D eigenvalue weighted by Gasteiger charge is 2.14. The van der Waals surface area contributed by atoms with Crippen LogP contribution >= 0.6 is 0 Å². The van der Waals surface area contributed by atoms with Crippen LogP contribution in [0.4, 0.5) is 0 Å². The molecular weight excluding hydrogens is 204 g/mol. The fourth-order valence-corrected chi connectivity index (χ4v) is 1.40. The molecule has 0 radical (unpaired) electrons. The standard InChI is InChI=1S/C11H16N4O/c1-11(2,12)6-16-10-9-8(4-5-13-10)15(3)7-14-9/h4-5,7H,6,12H2,1-3H3. The van der Waals surface area contributed by atoms with Gasteiger partial charge in [-0.2, -0.15) is 0 Å². The average molecular weight is 220 g/mol. The first-order valence-corrected chi connectivity index (χ1v) is 5.15. The fraction of sp³-hybridized carbons (Fsp3) is 0.455. The van der Waals surface area contributed by atoms with E-state index >= 15 is 0 Å². The molecule has 86 valence electrons. The van der Waals surface area contributed by atoms with Gasteiger partial charge in [0.2, 0.25) is 5.88 Å². The summed E-state index contributed by atoms with van der Waals surface area (Å²) in [7, 11) is 1.94. The molecule has 5 heteroatoms. The first-order chi connectivity index (χ1) is 7.47. The molecule has 0 amide bonds. The van der Waals surface area contributed by atoms with Crippen molar-refractivity contribution in [1.82, 2.24) is 14.5 Å². The lowest BCUT2D eigenvalue weighted by Gasteiger charge is -2.18. The number of fused-ring (bicyclic) bond motifs is 1. The molecule has 2 rings (SSSR count). The monoisotopic (exact) mass is 220 g/mol. The number of rotatable bonds is 3. The molecule has 0 saturated heterocycles. The van der Waals surface area contributed by atoms with Crippen LogP contribution < -0.4 is 10.5 Å². The Balaban J connectivity index is 2.31. The maximum atomic E-state index is 5.85. The highest BCUT2D eigenvalue weighted by Crippen LogP contribution is 2.21. The van der Waals surface area contributed by atoms with Crippen molar-refractivity contribution in [2.45, 2.75) is 19.4 Å². The zero-order valence-electron chi connectivity index (χ0n) is 9.77.